The zero-order valence-corrected chi connectivity index (χ0v) is 11.1. The average molecular weight is 257 g/mol. The number of anilines is 1. The number of nitrogens with one attached hydrogen (secondary N) is 1. The second-order valence-corrected chi connectivity index (χ2v) is 5.06. The summed E-state index contributed by atoms with van der Waals surface area (Å²) in [6.07, 6.45) is 8.16. The van der Waals surface area contributed by atoms with E-state index in [1.54, 1.807) is 19.6 Å². The van der Waals surface area contributed by atoms with Gasteiger partial charge in [-0.3, -0.25) is 0 Å². The van der Waals surface area contributed by atoms with E-state index in [1.165, 1.54) is 12.8 Å². The van der Waals surface area contributed by atoms with E-state index in [2.05, 4.69) is 34.6 Å². The Balaban J connectivity index is 1.68. The third-order valence-electron chi connectivity index (χ3n) is 3.56. The van der Waals surface area contributed by atoms with Gasteiger partial charge in [0.15, 0.2) is 0 Å². The normalized spacial score (nSPS) is 16.3. The molecule has 19 heavy (non-hydrogen) atoms. The molecule has 0 spiro atoms. The summed E-state index contributed by atoms with van der Waals surface area (Å²) in [6, 6.07) is 8.85. The van der Waals surface area contributed by atoms with E-state index in [0.29, 0.717) is 6.04 Å². The zero-order valence-electron chi connectivity index (χ0n) is 11.1. The first-order valence-electron chi connectivity index (χ1n) is 6.70. The monoisotopic (exact) mass is 257 g/mol. The van der Waals surface area contributed by atoms with Gasteiger partial charge in [-0.25, -0.2) is 4.98 Å². The van der Waals surface area contributed by atoms with Gasteiger partial charge < -0.3 is 14.6 Å². The number of benzene rings is 1. The molecule has 0 radical (unpaired) electrons. The molecule has 1 saturated carbocycles. The van der Waals surface area contributed by atoms with Crippen LogP contribution in [0.1, 0.15) is 12.8 Å². The highest BCUT2D eigenvalue weighted by Gasteiger charge is 2.30. The van der Waals surface area contributed by atoms with E-state index < -0.39 is 0 Å². The molecule has 1 fully saturated rings. The lowest BCUT2D eigenvalue weighted by molar-refractivity contribution is 0.179. The van der Waals surface area contributed by atoms with Crippen molar-refractivity contribution in [3.05, 3.63) is 43.0 Å². The van der Waals surface area contributed by atoms with Gasteiger partial charge in [0.1, 0.15) is 0 Å². The first-order valence-corrected chi connectivity index (χ1v) is 6.70. The van der Waals surface area contributed by atoms with Gasteiger partial charge in [-0.15, -0.1) is 0 Å². The average Bonchev–Trinajstić information content (AvgIpc) is 3.14. The Hall–Kier alpha value is -1.81. The van der Waals surface area contributed by atoms with E-state index >= 15 is 0 Å². The predicted octanol–water partition coefficient (Wildman–Crippen LogP) is 2.71. The van der Waals surface area contributed by atoms with Gasteiger partial charge in [-0.2, -0.15) is 0 Å². The van der Waals surface area contributed by atoms with Gasteiger partial charge in [-0.1, -0.05) is 0 Å². The Bertz CT molecular complexity index is 503. The number of ether oxygens (including phenoxy) is 1. The molecule has 4 heteroatoms. The van der Waals surface area contributed by atoms with Crippen LogP contribution in [0.25, 0.3) is 5.69 Å². The number of nitrogens with zero attached hydrogens (tertiary/aromatic N) is 2. The Morgan fingerprint density at radius 2 is 2.16 bits per heavy atom. The summed E-state index contributed by atoms with van der Waals surface area (Å²) in [5.74, 6) is 0.772. The third kappa shape index (κ3) is 2.96. The Kier molecular flexibility index (Phi) is 3.51. The van der Waals surface area contributed by atoms with Crippen molar-refractivity contribution in [2.24, 2.45) is 5.92 Å². The highest BCUT2D eigenvalue weighted by atomic mass is 16.5. The maximum atomic E-state index is 5.29. The summed E-state index contributed by atoms with van der Waals surface area (Å²) in [5, 5.41) is 3.56. The van der Waals surface area contributed by atoms with E-state index in [-0.39, 0.29) is 0 Å². The SMILES string of the molecule is COC[C@H](Nc1ccc(-n2ccnc2)cc1)C1CC1. The molecule has 1 heterocycles. The molecule has 3 rings (SSSR count). The van der Waals surface area contributed by atoms with Crippen molar-refractivity contribution in [3.63, 3.8) is 0 Å². The number of aromatic nitrogens is 2. The molecule has 1 atom stereocenters. The number of rotatable bonds is 6. The lowest BCUT2D eigenvalue weighted by Gasteiger charge is -2.18. The highest BCUT2D eigenvalue weighted by molar-refractivity contribution is 5.49. The van der Waals surface area contributed by atoms with Crippen molar-refractivity contribution in [1.29, 1.82) is 0 Å². The van der Waals surface area contributed by atoms with Crippen LogP contribution in [0.4, 0.5) is 5.69 Å². The van der Waals surface area contributed by atoms with Crippen LogP contribution in [-0.2, 0) is 4.74 Å². The molecule has 1 N–H and O–H groups in total. The molecule has 1 aromatic heterocycles. The second-order valence-electron chi connectivity index (χ2n) is 5.06. The summed E-state index contributed by atoms with van der Waals surface area (Å²) in [6.45, 7) is 0.772. The van der Waals surface area contributed by atoms with E-state index in [4.69, 9.17) is 4.74 Å². The molecule has 0 amide bonds. The maximum absolute atomic E-state index is 5.29. The zero-order chi connectivity index (χ0) is 13.1. The number of imidazole rings is 1. The number of hydrogen-bond acceptors (Lipinski definition) is 3. The molecular weight excluding hydrogens is 238 g/mol. The molecule has 1 aromatic carbocycles. The van der Waals surface area contributed by atoms with Crippen molar-refractivity contribution >= 4 is 5.69 Å². The molecule has 4 nitrogen and oxygen atoms in total. The molecule has 100 valence electrons. The van der Waals surface area contributed by atoms with Crippen molar-refractivity contribution < 1.29 is 4.74 Å². The van der Waals surface area contributed by atoms with Gasteiger partial charge in [0.25, 0.3) is 0 Å². The molecule has 1 aliphatic carbocycles. The van der Waals surface area contributed by atoms with Crippen molar-refractivity contribution in [2.75, 3.05) is 19.0 Å². The van der Waals surface area contributed by atoms with Crippen LogP contribution in [0.2, 0.25) is 0 Å². The topological polar surface area (TPSA) is 39.1 Å². The minimum absolute atomic E-state index is 0.434. The first kappa shape index (κ1) is 12.2. The van der Waals surface area contributed by atoms with Gasteiger partial charge in [0, 0.05) is 30.9 Å². The van der Waals surface area contributed by atoms with E-state index in [1.807, 2.05) is 10.8 Å². The summed E-state index contributed by atoms with van der Waals surface area (Å²) >= 11 is 0. The standard InChI is InChI=1S/C15H19N3O/c1-19-10-15(12-2-3-12)17-13-4-6-14(7-5-13)18-9-8-16-11-18/h4-9,11-12,15,17H,2-3,10H2,1H3/t15-/m0/s1. The van der Waals surface area contributed by atoms with Gasteiger partial charge in [0.2, 0.25) is 0 Å². The fraction of sp³-hybridized carbons (Fsp3) is 0.400. The van der Waals surface area contributed by atoms with Crippen molar-refractivity contribution in [3.8, 4) is 5.69 Å². The summed E-state index contributed by atoms with van der Waals surface area (Å²) in [7, 11) is 1.76. The van der Waals surface area contributed by atoms with Crippen LogP contribution >= 0.6 is 0 Å². The van der Waals surface area contributed by atoms with Crippen LogP contribution in [-0.4, -0.2) is 29.3 Å². The Labute approximate surface area is 113 Å². The van der Waals surface area contributed by atoms with E-state index in [9.17, 15) is 0 Å². The van der Waals surface area contributed by atoms with Crippen molar-refractivity contribution in [2.45, 2.75) is 18.9 Å². The predicted molar refractivity (Wildman–Crippen MR) is 75.6 cm³/mol. The quantitative estimate of drug-likeness (QED) is 0.864. The molecule has 2 aromatic rings. The molecule has 0 unspecified atom stereocenters. The lowest BCUT2D eigenvalue weighted by atomic mass is 10.2. The molecule has 0 aliphatic heterocycles. The lowest BCUT2D eigenvalue weighted by Crippen LogP contribution is -2.27. The molecule has 0 bridgehead atoms. The first-order chi connectivity index (χ1) is 9.36. The fourth-order valence-corrected chi connectivity index (χ4v) is 2.33. The third-order valence-corrected chi connectivity index (χ3v) is 3.56. The Morgan fingerprint density at radius 3 is 2.74 bits per heavy atom. The summed E-state index contributed by atoms with van der Waals surface area (Å²) < 4.78 is 7.28. The van der Waals surface area contributed by atoms with Gasteiger partial charge >= 0.3 is 0 Å². The van der Waals surface area contributed by atoms with E-state index in [0.717, 1.165) is 23.9 Å². The summed E-state index contributed by atoms with van der Waals surface area (Å²) in [5.41, 5.74) is 2.27. The van der Waals surface area contributed by atoms with Crippen LogP contribution in [0.15, 0.2) is 43.0 Å². The number of methoxy groups -OCH3 is 1. The Morgan fingerprint density at radius 1 is 1.37 bits per heavy atom. The highest BCUT2D eigenvalue weighted by Crippen LogP contribution is 2.34. The van der Waals surface area contributed by atoms with Crippen LogP contribution < -0.4 is 5.32 Å². The minimum atomic E-state index is 0.434. The number of hydrogen-bond donors (Lipinski definition) is 1. The second kappa shape index (κ2) is 5.45. The fourth-order valence-electron chi connectivity index (χ4n) is 2.33. The van der Waals surface area contributed by atoms with Gasteiger partial charge in [-0.05, 0) is 43.0 Å². The van der Waals surface area contributed by atoms with Gasteiger partial charge in [0.05, 0.1) is 19.0 Å². The largest absolute Gasteiger partial charge is 0.383 e. The molecular formula is C15H19N3O. The van der Waals surface area contributed by atoms with Crippen LogP contribution in [0.3, 0.4) is 0 Å². The van der Waals surface area contributed by atoms with Crippen LogP contribution in [0.5, 0.6) is 0 Å². The van der Waals surface area contributed by atoms with Crippen LogP contribution in [0, 0.1) is 5.92 Å². The minimum Gasteiger partial charge on any atom is -0.383 e. The molecule has 0 saturated heterocycles. The van der Waals surface area contributed by atoms with Crippen molar-refractivity contribution in [1.82, 2.24) is 9.55 Å². The smallest absolute Gasteiger partial charge is 0.0991 e. The maximum Gasteiger partial charge on any atom is 0.0991 e. The molecule has 1 aliphatic rings. The summed E-state index contributed by atoms with van der Waals surface area (Å²) in [4.78, 5) is 4.06.